The van der Waals surface area contributed by atoms with Crippen LogP contribution in [0.3, 0.4) is 0 Å². The maximum Gasteiger partial charge on any atom is 0.219 e. The average molecular weight is 355 g/mol. The van der Waals surface area contributed by atoms with Crippen molar-refractivity contribution in [2.75, 3.05) is 0 Å². The second-order valence-electron chi connectivity index (χ2n) is 5.59. The molecule has 0 saturated heterocycles. The van der Waals surface area contributed by atoms with E-state index in [1.165, 1.54) is 0 Å². The molecule has 0 saturated carbocycles. The first kappa shape index (κ1) is 16.4. The molecule has 7 nitrogen and oxygen atoms in total. The summed E-state index contributed by atoms with van der Waals surface area (Å²) in [4.78, 5) is 14.3. The van der Waals surface area contributed by atoms with Crippen LogP contribution in [0.2, 0.25) is 0 Å². The highest BCUT2D eigenvalue weighted by Crippen LogP contribution is 2.31. The summed E-state index contributed by atoms with van der Waals surface area (Å²) in [7, 11) is 0. The van der Waals surface area contributed by atoms with E-state index in [4.69, 9.17) is 4.74 Å². The van der Waals surface area contributed by atoms with Crippen molar-refractivity contribution >= 4 is 5.94 Å². The number of rotatable bonds is 5. The van der Waals surface area contributed by atoms with E-state index >= 15 is 0 Å². The van der Waals surface area contributed by atoms with Crippen molar-refractivity contribution in [1.29, 1.82) is 0 Å². The van der Waals surface area contributed by atoms with Crippen molar-refractivity contribution in [3.63, 3.8) is 0 Å². The van der Waals surface area contributed by atoms with Crippen LogP contribution < -0.4 is 4.74 Å². The van der Waals surface area contributed by atoms with Crippen LogP contribution in [0.25, 0.3) is 33.6 Å². The van der Waals surface area contributed by atoms with E-state index in [0.29, 0.717) is 11.7 Å². The van der Waals surface area contributed by atoms with E-state index in [1.807, 2.05) is 54.6 Å². The maximum atomic E-state index is 10.3. The Morgan fingerprint density at radius 2 is 1.70 bits per heavy atom. The van der Waals surface area contributed by atoms with Crippen LogP contribution in [0.5, 0.6) is 5.88 Å². The number of nitrogens with one attached hydrogen (secondary N) is 1. The summed E-state index contributed by atoms with van der Waals surface area (Å²) in [6.45, 7) is 0. The van der Waals surface area contributed by atoms with Gasteiger partial charge >= 0.3 is 0 Å². The van der Waals surface area contributed by atoms with Gasteiger partial charge < -0.3 is 4.74 Å². The Labute approximate surface area is 154 Å². The topological polar surface area (TPSA) is 93.7 Å². The third kappa shape index (κ3) is 3.49. The minimum absolute atomic E-state index is 0.336. The van der Waals surface area contributed by atoms with E-state index in [9.17, 15) is 4.79 Å². The van der Waals surface area contributed by atoms with E-state index in [2.05, 4.69) is 25.6 Å². The summed E-state index contributed by atoms with van der Waals surface area (Å²) < 4.78 is 5.08. The Morgan fingerprint density at radius 3 is 2.44 bits per heavy atom. The summed E-state index contributed by atoms with van der Waals surface area (Å²) >= 11 is 0. The first-order valence-electron chi connectivity index (χ1n) is 8.11. The summed E-state index contributed by atoms with van der Waals surface area (Å²) in [5.74, 6) is 2.45. The Bertz CT molecular complexity index is 1100. The molecule has 27 heavy (non-hydrogen) atoms. The lowest BCUT2D eigenvalue weighted by Gasteiger charge is -2.08. The first-order valence-corrected chi connectivity index (χ1v) is 8.11. The highest BCUT2D eigenvalue weighted by Gasteiger charge is 2.10. The molecule has 1 N–H and O–H groups in total. The van der Waals surface area contributed by atoms with Gasteiger partial charge in [0.15, 0.2) is 12.2 Å². The monoisotopic (exact) mass is 355 g/mol. The van der Waals surface area contributed by atoms with Crippen LogP contribution in [0.15, 0.2) is 73.1 Å². The van der Waals surface area contributed by atoms with Gasteiger partial charge in [-0.05, 0) is 33.5 Å². The second kappa shape index (κ2) is 7.43. The van der Waals surface area contributed by atoms with Crippen LogP contribution in [0.1, 0.15) is 0 Å². The highest BCUT2D eigenvalue weighted by atomic mass is 16.5. The molecular formula is C20H13N5O2. The van der Waals surface area contributed by atoms with Crippen molar-refractivity contribution in [2.45, 2.75) is 0 Å². The smallest absolute Gasteiger partial charge is 0.219 e. The van der Waals surface area contributed by atoms with Gasteiger partial charge in [0.05, 0.1) is 0 Å². The number of ether oxygens (including phenoxy) is 1. The summed E-state index contributed by atoms with van der Waals surface area (Å²) in [6.07, 6.45) is 2.56. The van der Waals surface area contributed by atoms with E-state index in [-0.39, 0.29) is 0 Å². The highest BCUT2D eigenvalue weighted by molar-refractivity contribution is 5.81. The van der Waals surface area contributed by atoms with Gasteiger partial charge in [0.25, 0.3) is 0 Å². The van der Waals surface area contributed by atoms with Gasteiger partial charge in [-0.3, -0.25) is 0 Å². The summed E-state index contributed by atoms with van der Waals surface area (Å²) in [5, 5.41) is 14.3. The fourth-order valence-electron chi connectivity index (χ4n) is 2.79. The van der Waals surface area contributed by atoms with Crippen molar-refractivity contribution in [3.05, 3.63) is 73.1 Å². The zero-order valence-electron chi connectivity index (χ0n) is 14.0. The number of carbonyl (C=O) groups excluding carboxylic acids is 1. The lowest BCUT2D eigenvalue weighted by Crippen LogP contribution is -1.89. The Balaban J connectivity index is 1.67. The fourth-order valence-corrected chi connectivity index (χ4v) is 2.79. The molecule has 2 aromatic heterocycles. The zero-order chi connectivity index (χ0) is 18.5. The van der Waals surface area contributed by atoms with Crippen LogP contribution in [0, 0.1) is 0 Å². The molecule has 0 spiro atoms. The molecule has 4 aromatic rings. The van der Waals surface area contributed by atoms with Crippen LogP contribution in [0.4, 0.5) is 0 Å². The normalized spacial score (nSPS) is 10.2. The van der Waals surface area contributed by atoms with Crippen molar-refractivity contribution in [3.8, 4) is 39.5 Å². The zero-order valence-corrected chi connectivity index (χ0v) is 14.0. The molecule has 0 amide bonds. The number of H-pyrrole nitrogens is 1. The second-order valence-corrected chi connectivity index (χ2v) is 5.59. The third-order valence-electron chi connectivity index (χ3n) is 4.01. The van der Waals surface area contributed by atoms with Crippen molar-refractivity contribution in [2.24, 2.45) is 0 Å². The predicted molar refractivity (Wildman–Crippen MR) is 99.2 cm³/mol. The number of pyridine rings is 1. The summed E-state index contributed by atoms with van der Waals surface area (Å²) in [6, 6.07) is 19.6. The number of tetrazole rings is 1. The maximum absolute atomic E-state index is 10.3. The van der Waals surface area contributed by atoms with E-state index in [1.54, 1.807) is 18.2 Å². The largest absolute Gasteiger partial charge is 0.435 e. The molecule has 7 heteroatoms. The number of hydrogen-bond acceptors (Lipinski definition) is 6. The molecule has 0 aliphatic heterocycles. The lowest BCUT2D eigenvalue weighted by molar-refractivity contribution is 0.459. The van der Waals surface area contributed by atoms with Gasteiger partial charge in [-0.1, -0.05) is 48.5 Å². The minimum Gasteiger partial charge on any atom is -0.435 e. The third-order valence-corrected chi connectivity index (χ3v) is 4.01. The molecule has 0 unspecified atom stereocenters. The quantitative estimate of drug-likeness (QED) is 0.436. The molecule has 2 heterocycles. The number of aromatic nitrogens is 5. The lowest BCUT2D eigenvalue weighted by atomic mass is 9.97. The number of aromatic amines is 1. The van der Waals surface area contributed by atoms with Gasteiger partial charge in [-0.2, -0.15) is 5.21 Å². The molecule has 2 aromatic carbocycles. The minimum atomic E-state index is 0.336. The first-order chi connectivity index (χ1) is 13.3. The standard InChI is InChI=1S/C20H13N5O2/c26-11-12-27-19-13-16(9-10-21-19)14-5-7-15(8-6-14)17-3-1-2-4-18(17)20-22-24-25-23-20/h1-10,12-13H,(H,22,23,24,25). The molecule has 4 rings (SSSR count). The Kier molecular flexibility index (Phi) is 4.51. The van der Waals surface area contributed by atoms with Crippen molar-refractivity contribution < 1.29 is 9.53 Å². The van der Waals surface area contributed by atoms with Crippen LogP contribution in [-0.2, 0) is 4.79 Å². The van der Waals surface area contributed by atoms with Crippen LogP contribution in [-0.4, -0.2) is 31.5 Å². The Morgan fingerprint density at radius 1 is 0.926 bits per heavy atom. The average Bonchev–Trinajstić information content (AvgIpc) is 3.27. The molecule has 0 radical (unpaired) electrons. The molecule has 0 fully saturated rings. The number of hydrogen-bond donors (Lipinski definition) is 1. The SMILES string of the molecule is O=C=COc1cc(-c2ccc(-c3ccccc3-c3nn[nH]n3)cc2)ccn1. The van der Waals surface area contributed by atoms with Gasteiger partial charge in [0.1, 0.15) is 0 Å². The van der Waals surface area contributed by atoms with E-state index in [0.717, 1.165) is 34.1 Å². The molecule has 0 atom stereocenters. The molecule has 130 valence electrons. The molecule has 0 aliphatic rings. The van der Waals surface area contributed by atoms with Crippen LogP contribution >= 0.6 is 0 Å². The molecular weight excluding hydrogens is 342 g/mol. The van der Waals surface area contributed by atoms with Gasteiger partial charge in [-0.25, -0.2) is 9.78 Å². The van der Waals surface area contributed by atoms with Gasteiger partial charge in [0, 0.05) is 17.8 Å². The van der Waals surface area contributed by atoms with Crippen molar-refractivity contribution in [1.82, 2.24) is 25.6 Å². The van der Waals surface area contributed by atoms with Gasteiger partial charge in [0.2, 0.25) is 11.7 Å². The molecule has 0 aliphatic carbocycles. The van der Waals surface area contributed by atoms with Gasteiger partial charge in [-0.15, -0.1) is 10.2 Å². The number of nitrogens with zero attached hydrogens (tertiary/aromatic N) is 4. The predicted octanol–water partition coefficient (Wildman–Crippen LogP) is 3.32. The van der Waals surface area contributed by atoms with E-state index < -0.39 is 0 Å². The molecule has 0 bridgehead atoms. The summed E-state index contributed by atoms with van der Waals surface area (Å²) in [5.41, 5.74) is 4.88. The Hall–Kier alpha value is -4.09. The number of benzene rings is 2. The fraction of sp³-hybridized carbons (Fsp3) is 0.